The molecule has 1 aliphatic rings. The van der Waals surface area contributed by atoms with Crippen LogP contribution in [0.15, 0.2) is 16.2 Å². The number of amidine groups is 1. The van der Waals surface area contributed by atoms with Gasteiger partial charge in [-0.1, -0.05) is 0 Å². The van der Waals surface area contributed by atoms with E-state index in [1.807, 2.05) is 12.1 Å². The molecule has 0 saturated heterocycles. The first-order valence-corrected chi connectivity index (χ1v) is 3.80. The summed E-state index contributed by atoms with van der Waals surface area (Å²) in [6.07, 6.45) is 2.83. The highest BCUT2D eigenvalue weighted by molar-refractivity contribution is 6.05. The molecule has 0 aliphatic carbocycles. The van der Waals surface area contributed by atoms with Crippen molar-refractivity contribution in [2.75, 3.05) is 0 Å². The van der Waals surface area contributed by atoms with Crippen molar-refractivity contribution in [3.05, 3.63) is 17.7 Å². The number of aliphatic imine (C=N–C) groups is 2. The highest BCUT2D eigenvalue weighted by Crippen LogP contribution is 2.05. The van der Waals surface area contributed by atoms with Crippen LogP contribution < -0.4 is 0 Å². The molecule has 6 heteroatoms. The lowest BCUT2D eigenvalue weighted by atomic mass is 10.4. The van der Waals surface area contributed by atoms with Crippen LogP contribution in [-0.4, -0.2) is 28.1 Å². The zero-order chi connectivity index (χ0) is 9.97. The van der Waals surface area contributed by atoms with E-state index in [4.69, 9.17) is 10.5 Å². The molecule has 0 spiro atoms. The number of nitriles is 2. The summed E-state index contributed by atoms with van der Waals surface area (Å²) in [7, 11) is 0. The molecule has 1 N–H and O–H groups in total. The van der Waals surface area contributed by atoms with E-state index in [9.17, 15) is 0 Å². The van der Waals surface area contributed by atoms with Gasteiger partial charge in [-0.05, 0) is 0 Å². The van der Waals surface area contributed by atoms with Gasteiger partial charge in [0.05, 0.1) is 12.3 Å². The Morgan fingerprint density at radius 3 is 2.86 bits per heavy atom. The largest absolute Gasteiger partial charge is 0.327 e. The number of hydrogen-bond acceptors (Lipinski definition) is 5. The van der Waals surface area contributed by atoms with E-state index in [1.54, 1.807) is 0 Å². The van der Waals surface area contributed by atoms with Crippen molar-refractivity contribution in [1.29, 1.82) is 10.5 Å². The Morgan fingerprint density at radius 2 is 2.29 bits per heavy atom. The van der Waals surface area contributed by atoms with E-state index < -0.39 is 6.04 Å². The fourth-order valence-electron chi connectivity index (χ4n) is 1.02. The van der Waals surface area contributed by atoms with Gasteiger partial charge < -0.3 is 4.98 Å². The maximum Gasteiger partial charge on any atom is 0.192 e. The van der Waals surface area contributed by atoms with Gasteiger partial charge in [-0.3, -0.25) is 0 Å². The molecule has 0 amide bonds. The molecule has 1 unspecified atom stereocenters. The zero-order valence-corrected chi connectivity index (χ0v) is 6.97. The standard InChI is InChI=1S/C8H4N6/c9-1-5-3-11-7(13-5)8-12-4-6(2-10)14-8/h3-5H,(H,12,14). The molecule has 2 rings (SSSR count). The third-order valence-corrected chi connectivity index (χ3v) is 1.64. The summed E-state index contributed by atoms with van der Waals surface area (Å²) >= 11 is 0. The summed E-state index contributed by atoms with van der Waals surface area (Å²) in [4.78, 5) is 14.5. The summed E-state index contributed by atoms with van der Waals surface area (Å²) in [6.45, 7) is 0. The van der Waals surface area contributed by atoms with Gasteiger partial charge in [-0.25, -0.2) is 15.0 Å². The third kappa shape index (κ3) is 1.25. The summed E-state index contributed by atoms with van der Waals surface area (Å²) in [5, 5.41) is 17.1. The van der Waals surface area contributed by atoms with E-state index in [1.165, 1.54) is 12.4 Å². The zero-order valence-electron chi connectivity index (χ0n) is 6.97. The van der Waals surface area contributed by atoms with Crippen LogP contribution in [0.5, 0.6) is 0 Å². The monoisotopic (exact) mass is 184 g/mol. The van der Waals surface area contributed by atoms with Crippen LogP contribution in [0.1, 0.15) is 11.5 Å². The Labute approximate surface area is 79.3 Å². The topological polar surface area (TPSA) is 101 Å². The number of nitrogens with zero attached hydrogens (tertiary/aromatic N) is 5. The fraction of sp³-hybridized carbons (Fsp3) is 0.125. The first kappa shape index (κ1) is 8.14. The van der Waals surface area contributed by atoms with Crippen LogP contribution in [0.2, 0.25) is 0 Å². The third-order valence-electron chi connectivity index (χ3n) is 1.64. The van der Waals surface area contributed by atoms with Crippen LogP contribution in [0.4, 0.5) is 0 Å². The highest BCUT2D eigenvalue weighted by Gasteiger charge is 2.15. The minimum absolute atomic E-state index is 0.346. The van der Waals surface area contributed by atoms with Crippen molar-refractivity contribution < 1.29 is 0 Å². The van der Waals surface area contributed by atoms with Gasteiger partial charge in [-0.2, -0.15) is 10.5 Å². The smallest absolute Gasteiger partial charge is 0.192 e. The second-order valence-corrected chi connectivity index (χ2v) is 2.56. The molecule has 1 aromatic heterocycles. The second-order valence-electron chi connectivity index (χ2n) is 2.56. The van der Waals surface area contributed by atoms with Gasteiger partial charge in [0.1, 0.15) is 11.8 Å². The predicted molar refractivity (Wildman–Crippen MR) is 47.7 cm³/mol. The minimum atomic E-state index is -0.541. The molecule has 1 atom stereocenters. The molecule has 0 aromatic carbocycles. The second kappa shape index (κ2) is 3.11. The SMILES string of the molecule is N#Cc1cnc(C2=NC(C#N)C=N2)[nH]1. The quantitative estimate of drug-likeness (QED) is 0.664. The first-order chi connectivity index (χ1) is 6.83. The maximum absolute atomic E-state index is 8.55. The number of rotatable bonds is 1. The highest BCUT2D eigenvalue weighted by atomic mass is 15.1. The number of nitrogens with one attached hydrogen (secondary N) is 1. The lowest BCUT2D eigenvalue weighted by Gasteiger charge is -1.88. The number of H-pyrrole nitrogens is 1. The predicted octanol–water partition coefficient (Wildman–Crippen LogP) is 0.00456. The van der Waals surface area contributed by atoms with Crippen molar-refractivity contribution in [2.24, 2.45) is 9.98 Å². The average Bonchev–Trinajstić information content (AvgIpc) is 2.86. The Kier molecular flexibility index (Phi) is 1.81. The molecule has 0 radical (unpaired) electrons. The van der Waals surface area contributed by atoms with Crippen LogP contribution >= 0.6 is 0 Å². The fourth-order valence-corrected chi connectivity index (χ4v) is 1.02. The molecule has 0 fully saturated rings. The summed E-state index contributed by atoms with van der Waals surface area (Å²) < 4.78 is 0. The molecule has 1 aliphatic heterocycles. The van der Waals surface area contributed by atoms with Crippen LogP contribution in [-0.2, 0) is 0 Å². The molecule has 14 heavy (non-hydrogen) atoms. The van der Waals surface area contributed by atoms with Crippen molar-refractivity contribution in [1.82, 2.24) is 9.97 Å². The van der Waals surface area contributed by atoms with Crippen molar-refractivity contribution in [3.63, 3.8) is 0 Å². The van der Waals surface area contributed by atoms with E-state index in [-0.39, 0.29) is 0 Å². The lowest BCUT2D eigenvalue weighted by molar-refractivity contribution is 1.12. The van der Waals surface area contributed by atoms with Gasteiger partial charge >= 0.3 is 0 Å². The molecule has 1 aromatic rings. The van der Waals surface area contributed by atoms with Crippen LogP contribution in [0.25, 0.3) is 0 Å². The number of imidazole rings is 1. The van der Waals surface area contributed by atoms with Crippen molar-refractivity contribution in [2.45, 2.75) is 6.04 Å². The maximum atomic E-state index is 8.55. The number of hydrogen-bond donors (Lipinski definition) is 1. The average molecular weight is 184 g/mol. The first-order valence-electron chi connectivity index (χ1n) is 3.80. The molecule has 0 bridgehead atoms. The summed E-state index contributed by atoms with van der Waals surface area (Å²) in [5.41, 5.74) is 0.346. The normalized spacial score (nSPS) is 18.7. The summed E-state index contributed by atoms with van der Waals surface area (Å²) in [6, 6.07) is 3.31. The molecule has 0 saturated carbocycles. The van der Waals surface area contributed by atoms with Crippen LogP contribution in [0.3, 0.4) is 0 Å². The molecule has 66 valence electrons. The van der Waals surface area contributed by atoms with E-state index in [0.717, 1.165) is 0 Å². The number of aromatic amines is 1. The van der Waals surface area contributed by atoms with Crippen LogP contribution in [0, 0.1) is 22.7 Å². The van der Waals surface area contributed by atoms with Gasteiger partial charge in [0.25, 0.3) is 0 Å². The molecule has 2 heterocycles. The molecule has 6 nitrogen and oxygen atoms in total. The Hall–Kier alpha value is -2.47. The van der Waals surface area contributed by atoms with E-state index >= 15 is 0 Å². The van der Waals surface area contributed by atoms with E-state index in [0.29, 0.717) is 17.4 Å². The van der Waals surface area contributed by atoms with E-state index in [2.05, 4.69) is 20.0 Å². The number of aromatic nitrogens is 2. The van der Waals surface area contributed by atoms with Gasteiger partial charge in [0.15, 0.2) is 17.7 Å². The minimum Gasteiger partial charge on any atom is -0.327 e. The Bertz CT molecular complexity index is 495. The lowest BCUT2D eigenvalue weighted by Crippen LogP contribution is -1.99. The van der Waals surface area contributed by atoms with Gasteiger partial charge in [0, 0.05) is 6.21 Å². The molecular formula is C8H4N6. The van der Waals surface area contributed by atoms with Gasteiger partial charge in [-0.15, -0.1) is 0 Å². The summed E-state index contributed by atoms with van der Waals surface area (Å²) in [5.74, 6) is 0.772. The van der Waals surface area contributed by atoms with Crippen molar-refractivity contribution in [3.8, 4) is 12.1 Å². The Morgan fingerprint density at radius 1 is 1.43 bits per heavy atom. The van der Waals surface area contributed by atoms with Gasteiger partial charge in [0.2, 0.25) is 0 Å². The van der Waals surface area contributed by atoms with Crippen molar-refractivity contribution >= 4 is 12.1 Å². The molecular weight excluding hydrogens is 180 g/mol. The Balaban J connectivity index is 2.31.